The summed E-state index contributed by atoms with van der Waals surface area (Å²) in [6.07, 6.45) is 1.75. The van der Waals surface area contributed by atoms with Gasteiger partial charge in [0.2, 0.25) is 5.88 Å². The van der Waals surface area contributed by atoms with Crippen molar-refractivity contribution in [2.24, 2.45) is 5.73 Å². The molecule has 3 rings (SSSR count). The van der Waals surface area contributed by atoms with E-state index < -0.39 is 0 Å². The minimum absolute atomic E-state index is 0.273. The van der Waals surface area contributed by atoms with Crippen LogP contribution in [0.1, 0.15) is 5.69 Å². The van der Waals surface area contributed by atoms with E-state index in [0.717, 1.165) is 10.9 Å². The number of benzene rings is 1. The van der Waals surface area contributed by atoms with Gasteiger partial charge in [-0.25, -0.2) is 4.98 Å². The number of halogens is 1. The largest absolute Gasteiger partial charge is 0.439 e. The zero-order valence-corrected chi connectivity index (χ0v) is 11.3. The van der Waals surface area contributed by atoms with Crippen LogP contribution >= 0.6 is 11.6 Å². The first kappa shape index (κ1) is 12.8. The molecule has 20 heavy (non-hydrogen) atoms. The zero-order chi connectivity index (χ0) is 13.9. The van der Waals surface area contributed by atoms with Crippen molar-refractivity contribution in [3.63, 3.8) is 0 Å². The first-order chi connectivity index (χ1) is 9.76. The molecule has 1 aromatic carbocycles. The molecule has 0 saturated carbocycles. The Kier molecular flexibility index (Phi) is 3.50. The third-order valence-corrected chi connectivity index (χ3v) is 3.23. The lowest BCUT2D eigenvalue weighted by molar-refractivity contribution is 0.461. The highest BCUT2D eigenvalue weighted by Crippen LogP contribution is 2.25. The summed E-state index contributed by atoms with van der Waals surface area (Å²) >= 11 is 5.97. The molecule has 0 bridgehead atoms. The van der Waals surface area contributed by atoms with Gasteiger partial charge in [-0.3, -0.25) is 4.98 Å². The Bertz CT molecular complexity index is 761. The Labute approximate surface area is 121 Å². The number of hydrogen-bond donors (Lipinski definition) is 1. The Morgan fingerprint density at radius 1 is 1.15 bits per heavy atom. The van der Waals surface area contributed by atoms with Crippen LogP contribution in [0.4, 0.5) is 0 Å². The molecule has 0 aliphatic rings. The van der Waals surface area contributed by atoms with Crippen molar-refractivity contribution in [1.29, 1.82) is 0 Å². The summed E-state index contributed by atoms with van der Waals surface area (Å²) in [6, 6.07) is 13.0. The van der Waals surface area contributed by atoms with Crippen molar-refractivity contribution >= 4 is 22.5 Å². The van der Waals surface area contributed by atoms with Gasteiger partial charge in [-0.2, -0.15) is 0 Å². The summed E-state index contributed by atoms with van der Waals surface area (Å²) in [7, 11) is 0. The monoisotopic (exact) mass is 285 g/mol. The highest BCUT2D eigenvalue weighted by Gasteiger charge is 2.05. The molecule has 2 aromatic heterocycles. The number of nitrogens with zero attached hydrogens (tertiary/aromatic N) is 2. The van der Waals surface area contributed by atoms with Crippen molar-refractivity contribution in [3.05, 3.63) is 59.4 Å². The van der Waals surface area contributed by atoms with E-state index in [2.05, 4.69) is 9.97 Å². The molecule has 0 saturated heterocycles. The molecule has 100 valence electrons. The molecule has 2 N–H and O–H groups in total. The van der Waals surface area contributed by atoms with Crippen LogP contribution in [0.3, 0.4) is 0 Å². The molecule has 0 amide bonds. The Morgan fingerprint density at radius 2 is 2.05 bits per heavy atom. The van der Waals surface area contributed by atoms with Gasteiger partial charge in [-0.15, -0.1) is 0 Å². The minimum Gasteiger partial charge on any atom is -0.439 e. The van der Waals surface area contributed by atoms with Crippen LogP contribution in [0.25, 0.3) is 10.9 Å². The molecule has 0 aliphatic carbocycles. The molecular weight excluding hydrogens is 274 g/mol. The second-order valence-electron chi connectivity index (χ2n) is 4.24. The number of pyridine rings is 2. The average molecular weight is 286 g/mol. The lowest BCUT2D eigenvalue weighted by Crippen LogP contribution is -2.01. The molecule has 3 aromatic rings. The molecule has 0 unspecified atom stereocenters. The van der Waals surface area contributed by atoms with Crippen LogP contribution in [0.2, 0.25) is 5.02 Å². The van der Waals surface area contributed by atoms with Gasteiger partial charge in [0.1, 0.15) is 5.75 Å². The van der Waals surface area contributed by atoms with Crippen molar-refractivity contribution < 1.29 is 4.74 Å². The quantitative estimate of drug-likeness (QED) is 0.799. The number of hydrogen-bond acceptors (Lipinski definition) is 4. The fourth-order valence-electron chi connectivity index (χ4n) is 1.89. The van der Waals surface area contributed by atoms with Gasteiger partial charge in [-0.1, -0.05) is 17.7 Å². The number of ether oxygens (including phenoxy) is 1. The van der Waals surface area contributed by atoms with Crippen LogP contribution in [-0.2, 0) is 6.54 Å². The maximum Gasteiger partial charge on any atom is 0.219 e. The second-order valence-corrected chi connectivity index (χ2v) is 4.65. The van der Waals surface area contributed by atoms with Crippen LogP contribution in [0, 0.1) is 0 Å². The molecule has 4 nitrogen and oxygen atoms in total. The van der Waals surface area contributed by atoms with Gasteiger partial charge in [0.15, 0.2) is 0 Å². The maximum absolute atomic E-state index is 5.97. The van der Waals surface area contributed by atoms with Gasteiger partial charge >= 0.3 is 0 Å². The Morgan fingerprint density at radius 3 is 2.90 bits per heavy atom. The van der Waals surface area contributed by atoms with Gasteiger partial charge in [0, 0.05) is 30.3 Å². The maximum atomic E-state index is 5.97. The van der Waals surface area contributed by atoms with Crippen LogP contribution in [0.5, 0.6) is 11.6 Å². The van der Waals surface area contributed by atoms with Gasteiger partial charge in [0.25, 0.3) is 0 Å². The van der Waals surface area contributed by atoms with Gasteiger partial charge in [0.05, 0.1) is 16.2 Å². The van der Waals surface area contributed by atoms with Crippen LogP contribution < -0.4 is 10.5 Å². The third-order valence-electron chi connectivity index (χ3n) is 2.89. The predicted molar refractivity (Wildman–Crippen MR) is 79.0 cm³/mol. The second kappa shape index (κ2) is 5.45. The third kappa shape index (κ3) is 2.57. The van der Waals surface area contributed by atoms with E-state index in [1.165, 1.54) is 0 Å². The van der Waals surface area contributed by atoms with E-state index in [1.54, 1.807) is 18.3 Å². The standard InChI is InChI=1S/C15H12ClN3O/c16-12-5-6-15(19-14(12)9-17)20-11-4-3-10-2-1-7-18-13(10)8-11/h1-8H,9,17H2. The first-order valence-electron chi connectivity index (χ1n) is 6.14. The topological polar surface area (TPSA) is 61.0 Å². The lowest BCUT2D eigenvalue weighted by Gasteiger charge is -2.07. The molecule has 5 heteroatoms. The molecule has 2 heterocycles. The molecule has 0 fully saturated rings. The molecule has 0 radical (unpaired) electrons. The summed E-state index contributed by atoms with van der Waals surface area (Å²) in [6.45, 7) is 0.273. The van der Waals surface area contributed by atoms with E-state index >= 15 is 0 Å². The van der Waals surface area contributed by atoms with Crippen molar-refractivity contribution in [2.75, 3.05) is 0 Å². The first-order valence-corrected chi connectivity index (χ1v) is 6.52. The number of rotatable bonds is 3. The van der Waals surface area contributed by atoms with Gasteiger partial charge in [-0.05, 0) is 24.3 Å². The fourth-order valence-corrected chi connectivity index (χ4v) is 2.08. The zero-order valence-electron chi connectivity index (χ0n) is 10.6. The number of fused-ring (bicyclic) bond motifs is 1. The van der Waals surface area contributed by atoms with E-state index in [-0.39, 0.29) is 6.54 Å². The number of aromatic nitrogens is 2. The Hall–Kier alpha value is -2.17. The summed E-state index contributed by atoms with van der Waals surface area (Å²) < 4.78 is 5.72. The summed E-state index contributed by atoms with van der Waals surface area (Å²) in [5, 5.41) is 1.60. The lowest BCUT2D eigenvalue weighted by atomic mass is 10.2. The summed E-state index contributed by atoms with van der Waals surface area (Å²) in [5.41, 5.74) is 7.06. The highest BCUT2D eigenvalue weighted by atomic mass is 35.5. The molecule has 0 spiro atoms. The van der Waals surface area contributed by atoms with E-state index in [9.17, 15) is 0 Å². The predicted octanol–water partition coefficient (Wildman–Crippen LogP) is 3.53. The normalized spacial score (nSPS) is 10.7. The smallest absolute Gasteiger partial charge is 0.219 e. The fraction of sp³-hybridized carbons (Fsp3) is 0.0667. The van der Waals surface area contributed by atoms with Crippen LogP contribution in [0.15, 0.2) is 48.7 Å². The summed E-state index contributed by atoms with van der Waals surface area (Å²) in [5.74, 6) is 1.14. The van der Waals surface area contributed by atoms with Crippen molar-refractivity contribution in [2.45, 2.75) is 6.54 Å². The van der Waals surface area contributed by atoms with Crippen molar-refractivity contribution in [3.8, 4) is 11.6 Å². The molecule has 0 atom stereocenters. The average Bonchev–Trinajstić information content (AvgIpc) is 2.49. The van der Waals surface area contributed by atoms with Crippen molar-refractivity contribution in [1.82, 2.24) is 9.97 Å². The highest BCUT2D eigenvalue weighted by molar-refractivity contribution is 6.31. The Balaban J connectivity index is 1.92. The minimum atomic E-state index is 0.273. The van der Waals surface area contributed by atoms with E-state index in [1.807, 2.05) is 30.3 Å². The van der Waals surface area contributed by atoms with Crippen LogP contribution in [-0.4, -0.2) is 9.97 Å². The van der Waals surface area contributed by atoms with E-state index in [4.69, 9.17) is 22.1 Å². The summed E-state index contributed by atoms with van der Waals surface area (Å²) in [4.78, 5) is 8.56. The number of nitrogens with two attached hydrogens (primary N) is 1. The van der Waals surface area contributed by atoms with E-state index in [0.29, 0.717) is 22.3 Å². The molecular formula is C15H12ClN3O. The SMILES string of the molecule is NCc1nc(Oc2ccc3cccnc3c2)ccc1Cl. The van der Waals surface area contributed by atoms with Gasteiger partial charge < -0.3 is 10.5 Å². The molecule has 0 aliphatic heterocycles.